The van der Waals surface area contributed by atoms with Gasteiger partial charge in [-0.25, -0.2) is 4.39 Å². The minimum atomic E-state index is -0.826. The van der Waals surface area contributed by atoms with Gasteiger partial charge in [0.2, 0.25) is 6.86 Å². The van der Waals surface area contributed by atoms with Gasteiger partial charge in [0, 0.05) is 0 Å². The Morgan fingerprint density at radius 2 is 1.93 bits per heavy atom. The van der Waals surface area contributed by atoms with Gasteiger partial charge < -0.3 is 9.47 Å². The van der Waals surface area contributed by atoms with Crippen molar-refractivity contribution in [1.29, 1.82) is 0 Å². The number of ether oxygens (including phenoxy) is 2. The summed E-state index contributed by atoms with van der Waals surface area (Å²) in [5.74, 6) is 1.10. The molecule has 0 fully saturated rings. The summed E-state index contributed by atoms with van der Waals surface area (Å²) in [6.45, 7) is 3.74. The van der Waals surface area contributed by atoms with Gasteiger partial charge in [0.25, 0.3) is 0 Å². The fourth-order valence-electron chi connectivity index (χ4n) is 1.44. The Bertz CT molecular complexity index is 300. The molecule has 2 nitrogen and oxygen atoms in total. The molecule has 0 saturated heterocycles. The first-order valence-corrected chi connectivity index (χ1v) is 5.26. The third-order valence-electron chi connectivity index (χ3n) is 2.06. The molecule has 0 bridgehead atoms. The molecule has 0 atom stereocenters. The van der Waals surface area contributed by atoms with Crippen molar-refractivity contribution >= 4 is 0 Å². The zero-order chi connectivity index (χ0) is 11.1. The minimum absolute atomic E-state index is 0.471. The second kappa shape index (κ2) is 6.27. The normalized spacial score (nSPS) is 10.1. The average molecular weight is 212 g/mol. The van der Waals surface area contributed by atoms with E-state index in [1.807, 2.05) is 19.1 Å². The highest BCUT2D eigenvalue weighted by atomic mass is 19.1. The Hall–Kier alpha value is -1.25. The van der Waals surface area contributed by atoms with E-state index in [1.165, 1.54) is 5.56 Å². The molecule has 0 aliphatic rings. The van der Waals surface area contributed by atoms with E-state index in [2.05, 4.69) is 6.92 Å². The van der Waals surface area contributed by atoms with Crippen molar-refractivity contribution in [2.45, 2.75) is 26.7 Å². The molecule has 84 valence electrons. The van der Waals surface area contributed by atoms with Crippen LogP contribution in [0.1, 0.15) is 25.8 Å². The van der Waals surface area contributed by atoms with E-state index in [4.69, 9.17) is 9.47 Å². The molecule has 0 aromatic heterocycles. The van der Waals surface area contributed by atoms with Gasteiger partial charge in [-0.15, -0.1) is 0 Å². The summed E-state index contributed by atoms with van der Waals surface area (Å²) >= 11 is 0. The van der Waals surface area contributed by atoms with Crippen LogP contribution in [0.5, 0.6) is 11.5 Å². The number of alkyl halides is 1. The first-order valence-electron chi connectivity index (χ1n) is 5.26. The Morgan fingerprint density at radius 1 is 1.13 bits per heavy atom. The summed E-state index contributed by atoms with van der Waals surface area (Å²) < 4.78 is 22.3. The van der Waals surface area contributed by atoms with E-state index in [9.17, 15) is 4.39 Å². The van der Waals surface area contributed by atoms with Crippen LogP contribution in [0, 0.1) is 0 Å². The smallest absolute Gasteiger partial charge is 0.228 e. The van der Waals surface area contributed by atoms with Crippen LogP contribution < -0.4 is 9.47 Å². The van der Waals surface area contributed by atoms with Crippen LogP contribution in [-0.2, 0) is 6.42 Å². The van der Waals surface area contributed by atoms with E-state index in [0.717, 1.165) is 12.8 Å². The molecule has 15 heavy (non-hydrogen) atoms. The predicted molar refractivity (Wildman–Crippen MR) is 58.2 cm³/mol. The molecule has 0 unspecified atom stereocenters. The maximum absolute atomic E-state index is 12.1. The highest BCUT2D eigenvalue weighted by Gasteiger charge is 2.05. The van der Waals surface area contributed by atoms with E-state index in [-0.39, 0.29) is 0 Å². The molecular weight excluding hydrogens is 195 g/mol. The second-order valence-corrected chi connectivity index (χ2v) is 3.22. The number of aryl methyl sites for hydroxylation is 1. The Kier molecular flexibility index (Phi) is 4.95. The standard InChI is InChI=1S/C12H17FO2/c1-3-5-10-6-7-11(15-9-13)12(8-10)14-4-2/h6-8H,3-5,9H2,1-2H3. The Balaban J connectivity index is 2.87. The molecule has 0 saturated carbocycles. The van der Waals surface area contributed by atoms with Gasteiger partial charge in [-0.2, -0.15) is 0 Å². The molecule has 1 aromatic rings. The summed E-state index contributed by atoms with van der Waals surface area (Å²) in [5.41, 5.74) is 1.19. The van der Waals surface area contributed by atoms with Crippen LogP contribution in [0.4, 0.5) is 4.39 Å². The zero-order valence-electron chi connectivity index (χ0n) is 9.25. The molecule has 0 aliphatic carbocycles. The molecule has 0 radical (unpaired) electrons. The third kappa shape index (κ3) is 3.42. The Morgan fingerprint density at radius 3 is 2.53 bits per heavy atom. The largest absolute Gasteiger partial charge is 0.490 e. The van der Waals surface area contributed by atoms with Crippen molar-refractivity contribution in [3.05, 3.63) is 23.8 Å². The minimum Gasteiger partial charge on any atom is -0.490 e. The number of hydrogen-bond acceptors (Lipinski definition) is 2. The molecule has 0 heterocycles. The van der Waals surface area contributed by atoms with Crippen molar-refractivity contribution in [3.8, 4) is 11.5 Å². The summed E-state index contributed by atoms with van der Waals surface area (Å²) in [5, 5.41) is 0. The molecule has 1 rings (SSSR count). The van der Waals surface area contributed by atoms with E-state index in [0.29, 0.717) is 18.1 Å². The first kappa shape index (κ1) is 11.8. The van der Waals surface area contributed by atoms with Crippen LogP contribution in [0.15, 0.2) is 18.2 Å². The lowest BCUT2D eigenvalue weighted by Gasteiger charge is -2.11. The van der Waals surface area contributed by atoms with Crippen molar-refractivity contribution in [2.75, 3.05) is 13.5 Å². The van der Waals surface area contributed by atoms with Crippen LogP contribution in [-0.4, -0.2) is 13.5 Å². The lowest BCUT2D eigenvalue weighted by atomic mass is 10.1. The number of hydrogen-bond donors (Lipinski definition) is 0. The van der Waals surface area contributed by atoms with Crippen LogP contribution in [0.2, 0.25) is 0 Å². The molecule has 3 heteroatoms. The van der Waals surface area contributed by atoms with E-state index < -0.39 is 6.86 Å². The fraction of sp³-hybridized carbons (Fsp3) is 0.500. The van der Waals surface area contributed by atoms with Gasteiger partial charge in [-0.05, 0) is 31.0 Å². The number of rotatable bonds is 6. The van der Waals surface area contributed by atoms with Crippen LogP contribution in [0.25, 0.3) is 0 Å². The topological polar surface area (TPSA) is 18.5 Å². The van der Waals surface area contributed by atoms with Crippen molar-refractivity contribution in [1.82, 2.24) is 0 Å². The highest BCUT2D eigenvalue weighted by molar-refractivity contribution is 5.43. The second-order valence-electron chi connectivity index (χ2n) is 3.22. The number of halogens is 1. The molecule has 1 aromatic carbocycles. The van der Waals surface area contributed by atoms with Crippen LogP contribution >= 0.6 is 0 Å². The first-order chi connectivity index (χ1) is 7.31. The lowest BCUT2D eigenvalue weighted by molar-refractivity contribution is 0.182. The maximum atomic E-state index is 12.1. The van der Waals surface area contributed by atoms with Gasteiger partial charge in [0.1, 0.15) is 0 Å². The van der Waals surface area contributed by atoms with Gasteiger partial charge in [-0.1, -0.05) is 19.4 Å². The quantitative estimate of drug-likeness (QED) is 0.720. The summed E-state index contributed by atoms with van der Waals surface area (Å²) in [4.78, 5) is 0. The predicted octanol–water partition coefficient (Wildman–Crippen LogP) is 3.34. The van der Waals surface area contributed by atoms with Crippen molar-refractivity contribution in [3.63, 3.8) is 0 Å². The average Bonchev–Trinajstić information content (AvgIpc) is 2.23. The van der Waals surface area contributed by atoms with Crippen LogP contribution in [0.3, 0.4) is 0 Å². The van der Waals surface area contributed by atoms with Gasteiger partial charge >= 0.3 is 0 Å². The van der Waals surface area contributed by atoms with Gasteiger partial charge in [0.05, 0.1) is 6.61 Å². The number of benzene rings is 1. The Labute approximate surface area is 90.0 Å². The monoisotopic (exact) mass is 212 g/mol. The fourth-order valence-corrected chi connectivity index (χ4v) is 1.44. The van der Waals surface area contributed by atoms with Crippen molar-refractivity contribution in [2.24, 2.45) is 0 Å². The van der Waals surface area contributed by atoms with E-state index >= 15 is 0 Å². The maximum Gasteiger partial charge on any atom is 0.228 e. The highest BCUT2D eigenvalue weighted by Crippen LogP contribution is 2.28. The third-order valence-corrected chi connectivity index (χ3v) is 2.06. The SMILES string of the molecule is CCCc1ccc(OCF)c(OCC)c1. The van der Waals surface area contributed by atoms with Crippen molar-refractivity contribution < 1.29 is 13.9 Å². The lowest BCUT2D eigenvalue weighted by Crippen LogP contribution is -1.98. The molecule has 0 N–H and O–H groups in total. The molecular formula is C12H17FO2. The summed E-state index contributed by atoms with van der Waals surface area (Å²) in [7, 11) is 0. The summed E-state index contributed by atoms with van der Waals surface area (Å²) in [6.07, 6.45) is 2.07. The summed E-state index contributed by atoms with van der Waals surface area (Å²) in [6, 6.07) is 5.62. The van der Waals surface area contributed by atoms with E-state index in [1.54, 1.807) is 6.07 Å². The van der Waals surface area contributed by atoms with Gasteiger partial charge in [-0.3, -0.25) is 0 Å². The molecule has 0 amide bonds. The molecule has 0 aliphatic heterocycles. The van der Waals surface area contributed by atoms with Gasteiger partial charge in [0.15, 0.2) is 11.5 Å². The molecule has 0 spiro atoms. The zero-order valence-corrected chi connectivity index (χ0v) is 9.25.